The van der Waals surface area contributed by atoms with Gasteiger partial charge in [0.15, 0.2) is 11.5 Å². The SMILES string of the molecule is COc1ccc(CN(C)C(=O)CN(c2ccc(Cl)cc2)S(=O)(=O)c2ccc(C)cc2)cc1OC. The Bertz CT molecular complexity index is 1250. The van der Waals surface area contributed by atoms with Gasteiger partial charge in [0.05, 0.1) is 24.8 Å². The Morgan fingerprint density at radius 3 is 2.12 bits per heavy atom. The highest BCUT2D eigenvalue weighted by Crippen LogP contribution is 2.29. The van der Waals surface area contributed by atoms with Crippen molar-refractivity contribution in [3.63, 3.8) is 0 Å². The number of anilines is 1. The normalized spacial score (nSPS) is 11.1. The quantitative estimate of drug-likeness (QED) is 0.430. The first-order chi connectivity index (χ1) is 16.1. The van der Waals surface area contributed by atoms with Crippen LogP contribution in [-0.2, 0) is 21.4 Å². The largest absolute Gasteiger partial charge is 0.493 e. The molecule has 0 spiro atoms. The van der Waals surface area contributed by atoms with Crippen molar-refractivity contribution in [3.8, 4) is 11.5 Å². The molecule has 0 heterocycles. The van der Waals surface area contributed by atoms with Gasteiger partial charge in [-0.2, -0.15) is 0 Å². The summed E-state index contributed by atoms with van der Waals surface area (Å²) in [6.45, 7) is 1.76. The monoisotopic (exact) mass is 502 g/mol. The molecule has 0 radical (unpaired) electrons. The fraction of sp³-hybridized carbons (Fsp3) is 0.240. The lowest BCUT2D eigenvalue weighted by molar-refractivity contribution is -0.128. The molecule has 0 aromatic heterocycles. The van der Waals surface area contributed by atoms with Gasteiger partial charge in [-0.15, -0.1) is 0 Å². The van der Waals surface area contributed by atoms with E-state index < -0.39 is 10.0 Å². The Kier molecular flexibility index (Phi) is 8.06. The summed E-state index contributed by atoms with van der Waals surface area (Å²) in [6, 6.07) is 18.2. The fourth-order valence-corrected chi connectivity index (χ4v) is 4.88. The Labute approximate surface area is 205 Å². The molecule has 0 atom stereocenters. The highest BCUT2D eigenvalue weighted by atomic mass is 35.5. The summed E-state index contributed by atoms with van der Waals surface area (Å²) >= 11 is 6.00. The number of halogens is 1. The zero-order chi connectivity index (χ0) is 24.9. The average Bonchev–Trinajstić information content (AvgIpc) is 2.83. The van der Waals surface area contributed by atoms with Crippen LogP contribution in [0.1, 0.15) is 11.1 Å². The highest BCUT2D eigenvalue weighted by Gasteiger charge is 2.28. The van der Waals surface area contributed by atoms with Gasteiger partial charge in [0, 0.05) is 18.6 Å². The molecule has 3 aromatic carbocycles. The van der Waals surface area contributed by atoms with E-state index in [4.69, 9.17) is 21.1 Å². The molecule has 0 bridgehead atoms. The molecule has 180 valence electrons. The summed E-state index contributed by atoms with van der Waals surface area (Å²) < 4.78 is 38.7. The maximum atomic E-state index is 13.5. The van der Waals surface area contributed by atoms with E-state index in [9.17, 15) is 13.2 Å². The third-order valence-corrected chi connectivity index (χ3v) is 7.34. The summed E-state index contributed by atoms with van der Waals surface area (Å²) in [5.74, 6) is 0.754. The first-order valence-electron chi connectivity index (χ1n) is 10.5. The van der Waals surface area contributed by atoms with Crippen molar-refractivity contribution in [3.05, 3.63) is 82.9 Å². The Morgan fingerprint density at radius 2 is 1.53 bits per heavy atom. The summed E-state index contributed by atoms with van der Waals surface area (Å²) in [7, 11) is 0.711. The van der Waals surface area contributed by atoms with Gasteiger partial charge in [-0.1, -0.05) is 35.4 Å². The van der Waals surface area contributed by atoms with E-state index in [0.29, 0.717) is 22.2 Å². The lowest BCUT2D eigenvalue weighted by atomic mass is 10.2. The predicted octanol–water partition coefficient (Wildman–Crippen LogP) is 4.52. The maximum Gasteiger partial charge on any atom is 0.264 e. The van der Waals surface area contributed by atoms with Crippen molar-refractivity contribution >= 4 is 33.2 Å². The third kappa shape index (κ3) is 5.81. The minimum atomic E-state index is -4.00. The van der Waals surface area contributed by atoms with Crippen molar-refractivity contribution < 1.29 is 22.7 Å². The minimum Gasteiger partial charge on any atom is -0.493 e. The number of sulfonamides is 1. The Balaban J connectivity index is 1.88. The Morgan fingerprint density at radius 1 is 0.912 bits per heavy atom. The molecule has 0 aliphatic rings. The van der Waals surface area contributed by atoms with Crippen LogP contribution < -0.4 is 13.8 Å². The van der Waals surface area contributed by atoms with Gasteiger partial charge in [-0.25, -0.2) is 8.42 Å². The molecular weight excluding hydrogens is 476 g/mol. The fourth-order valence-electron chi connectivity index (χ4n) is 3.34. The van der Waals surface area contributed by atoms with Gasteiger partial charge < -0.3 is 14.4 Å². The van der Waals surface area contributed by atoms with E-state index >= 15 is 0 Å². The van der Waals surface area contributed by atoms with Crippen LogP contribution in [0.2, 0.25) is 5.02 Å². The van der Waals surface area contributed by atoms with Crippen LogP contribution in [0, 0.1) is 6.92 Å². The standard InChI is InChI=1S/C25H27ClN2O5S/c1-18-5-12-22(13-6-18)34(30,31)28(21-10-8-20(26)9-11-21)17-25(29)27(2)16-19-7-14-23(32-3)24(15-19)33-4/h5-15H,16-17H2,1-4H3. The van der Waals surface area contributed by atoms with Gasteiger partial charge >= 0.3 is 0 Å². The molecule has 0 aliphatic carbocycles. The molecule has 0 fully saturated rings. The van der Waals surface area contributed by atoms with Crippen LogP contribution in [0.25, 0.3) is 0 Å². The van der Waals surface area contributed by atoms with Gasteiger partial charge in [0.25, 0.3) is 10.0 Å². The van der Waals surface area contributed by atoms with Gasteiger partial charge in [0.2, 0.25) is 5.91 Å². The second kappa shape index (κ2) is 10.8. The number of ether oxygens (including phenoxy) is 2. The number of carbonyl (C=O) groups is 1. The first-order valence-corrected chi connectivity index (χ1v) is 12.3. The lowest BCUT2D eigenvalue weighted by Crippen LogP contribution is -2.41. The smallest absolute Gasteiger partial charge is 0.264 e. The second-order valence-corrected chi connectivity index (χ2v) is 10.0. The summed E-state index contributed by atoms with van der Waals surface area (Å²) in [4.78, 5) is 14.7. The molecule has 3 aromatic rings. The van der Waals surface area contributed by atoms with Gasteiger partial charge in [0.1, 0.15) is 6.54 Å². The zero-order valence-corrected chi connectivity index (χ0v) is 21.1. The number of rotatable bonds is 9. The van der Waals surface area contributed by atoms with Crippen molar-refractivity contribution in [2.45, 2.75) is 18.4 Å². The van der Waals surface area contributed by atoms with Crippen molar-refractivity contribution in [2.75, 3.05) is 32.1 Å². The molecule has 7 nitrogen and oxygen atoms in total. The van der Waals surface area contributed by atoms with Crippen LogP contribution in [-0.4, -0.2) is 47.0 Å². The van der Waals surface area contributed by atoms with Crippen molar-refractivity contribution in [1.82, 2.24) is 4.90 Å². The van der Waals surface area contributed by atoms with Gasteiger partial charge in [-0.3, -0.25) is 9.10 Å². The molecular formula is C25H27ClN2O5S. The molecule has 0 saturated carbocycles. The molecule has 34 heavy (non-hydrogen) atoms. The van der Waals surface area contributed by atoms with E-state index in [1.54, 1.807) is 62.7 Å². The number of hydrogen-bond donors (Lipinski definition) is 0. The first kappa shape index (κ1) is 25.4. The van der Waals surface area contributed by atoms with Crippen LogP contribution in [0.5, 0.6) is 11.5 Å². The number of aryl methyl sites for hydroxylation is 1. The number of carbonyl (C=O) groups excluding carboxylic acids is 1. The molecule has 0 aliphatic heterocycles. The lowest BCUT2D eigenvalue weighted by Gasteiger charge is -2.27. The molecule has 0 unspecified atom stereocenters. The van der Waals surface area contributed by atoms with Crippen LogP contribution >= 0.6 is 11.6 Å². The topological polar surface area (TPSA) is 76.2 Å². The number of amides is 1. The van der Waals surface area contributed by atoms with Gasteiger partial charge in [-0.05, 0) is 61.0 Å². The highest BCUT2D eigenvalue weighted by molar-refractivity contribution is 7.92. The molecule has 9 heteroatoms. The van der Waals surface area contributed by atoms with Crippen molar-refractivity contribution in [1.29, 1.82) is 0 Å². The Hall–Kier alpha value is -3.23. The predicted molar refractivity (Wildman–Crippen MR) is 133 cm³/mol. The number of benzene rings is 3. The van der Waals surface area contributed by atoms with Crippen LogP contribution in [0.15, 0.2) is 71.6 Å². The van der Waals surface area contributed by atoms with E-state index in [2.05, 4.69) is 0 Å². The molecule has 3 rings (SSSR count). The van der Waals surface area contributed by atoms with Crippen molar-refractivity contribution in [2.24, 2.45) is 0 Å². The van der Waals surface area contributed by atoms with E-state index in [0.717, 1.165) is 15.4 Å². The number of hydrogen-bond acceptors (Lipinski definition) is 5. The number of likely N-dealkylation sites (N-methyl/N-ethyl adjacent to an activating group) is 1. The van der Waals surface area contributed by atoms with Crippen LogP contribution in [0.4, 0.5) is 5.69 Å². The third-order valence-electron chi connectivity index (χ3n) is 5.30. The zero-order valence-electron chi connectivity index (χ0n) is 19.5. The number of methoxy groups -OCH3 is 2. The number of nitrogens with zero attached hydrogens (tertiary/aromatic N) is 2. The summed E-state index contributed by atoms with van der Waals surface area (Å²) in [6.07, 6.45) is 0. The molecule has 0 N–H and O–H groups in total. The molecule has 1 amide bonds. The molecule has 0 saturated heterocycles. The van der Waals surface area contributed by atoms with E-state index in [1.165, 1.54) is 24.1 Å². The van der Waals surface area contributed by atoms with Crippen LogP contribution in [0.3, 0.4) is 0 Å². The summed E-state index contributed by atoms with van der Waals surface area (Å²) in [5, 5.41) is 0.466. The maximum absolute atomic E-state index is 13.5. The second-order valence-electron chi connectivity index (χ2n) is 7.74. The summed E-state index contributed by atoms with van der Waals surface area (Å²) in [5.41, 5.74) is 2.09. The minimum absolute atomic E-state index is 0.100. The average molecular weight is 503 g/mol. The van der Waals surface area contributed by atoms with E-state index in [-0.39, 0.29) is 23.9 Å². The van der Waals surface area contributed by atoms with E-state index in [1.807, 2.05) is 13.0 Å².